The number of fused-ring (bicyclic) bond motifs is 2. The van der Waals surface area contributed by atoms with Gasteiger partial charge in [-0.2, -0.15) is 0 Å². The predicted octanol–water partition coefficient (Wildman–Crippen LogP) is 2.70. The van der Waals surface area contributed by atoms with E-state index in [0.29, 0.717) is 25.6 Å². The van der Waals surface area contributed by atoms with Gasteiger partial charge in [0.1, 0.15) is 11.9 Å². The molecule has 2 aromatic rings. The first-order valence-electron chi connectivity index (χ1n) is 11.3. The molecule has 164 valence electrons. The van der Waals surface area contributed by atoms with E-state index in [4.69, 9.17) is 4.74 Å². The van der Waals surface area contributed by atoms with E-state index in [2.05, 4.69) is 29.0 Å². The van der Waals surface area contributed by atoms with Gasteiger partial charge in [0.25, 0.3) is 5.91 Å². The maximum absolute atomic E-state index is 13.7. The standard InChI is InChI=1S/C25H30FN3O2/c1-27-14-15-28-12-11-23(31-17-21(28)16-27)25(30)29-13-10-18-4-2-3-5-22(18)24(29)19-6-8-20(26)9-7-19/h2-9,21,23-24H,10-17H2,1H3/t21-,23-,24+/m1/s1. The summed E-state index contributed by atoms with van der Waals surface area (Å²) in [5.74, 6) is -0.212. The quantitative estimate of drug-likeness (QED) is 0.744. The predicted molar refractivity (Wildman–Crippen MR) is 117 cm³/mol. The van der Waals surface area contributed by atoms with E-state index >= 15 is 0 Å². The monoisotopic (exact) mass is 423 g/mol. The van der Waals surface area contributed by atoms with Crippen molar-refractivity contribution in [2.75, 3.05) is 46.4 Å². The largest absolute Gasteiger partial charge is 0.367 e. The molecule has 0 bridgehead atoms. The smallest absolute Gasteiger partial charge is 0.252 e. The average Bonchev–Trinajstić information content (AvgIpc) is 3.01. The number of carbonyl (C=O) groups is 1. The van der Waals surface area contributed by atoms with Crippen molar-refractivity contribution in [2.45, 2.75) is 31.0 Å². The van der Waals surface area contributed by atoms with E-state index < -0.39 is 6.10 Å². The minimum absolute atomic E-state index is 0.0528. The molecule has 2 aromatic carbocycles. The van der Waals surface area contributed by atoms with Crippen LogP contribution >= 0.6 is 0 Å². The number of likely N-dealkylation sites (N-methyl/N-ethyl adjacent to an activating group) is 1. The highest BCUT2D eigenvalue weighted by molar-refractivity contribution is 5.82. The summed E-state index contributed by atoms with van der Waals surface area (Å²) in [6, 6.07) is 15.0. The van der Waals surface area contributed by atoms with Crippen molar-refractivity contribution in [1.29, 1.82) is 0 Å². The maximum atomic E-state index is 13.7. The van der Waals surface area contributed by atoms with Gasteiger partial charge in [-0.3, -0.25) is 9.69 Å². The zero-order chi connectivity index (χ0) is 21.4. The lowest BCUT2D eigenvalue weighted by molar-refractivity contribution is -0.146. The van der Waals surface area contributed by atoms with Crippen LogP contribution in [-0.2, 0) is 16.0 Å². The molecule has 0 spiro atoms. The van der Waals surface area contributed by atoms with Gasteiger partial charge in [-0.25, -0.2) is 4.39 Å². The summed E-state index contributed by atoms with van der Waals surface area (Å²) in [6.45, 7) is 5.20. The van der Waals surface area contributed by atoms with E-state index in [-0.39, 0.29) is 17.8 Å². The first-order valence-corrected chi connectivity index (χ1v) is 11.3. The summed E-state index contributed by atoms with van der Waals surface area (Å²) in [7, 11) is 2.14. The molecule has 5 nitrogen and oxygen atoms in total. The van der Waals surface area contributed by atoms with E-state index in [1.165, 1.54) is 17.7 Å². The van der Waals surface area contributed by atoms with E-state index in [9.17, 15) is 9.18 Å². The molecule has 2 saturated heterocycles. The first kappa shape index (κ1) is 20.6. The number of hydrogen-bond donors (Lipinski definition) is 0. The first-order chi connectivity index (χ1) is 15.1. The topological polar surface area (TPSA) is 36.0 Å². The zero-order valence-electron chi connectivity index (χ0n) is 18.0. The highest BCUT2D eigenvalue weighted by Gasteiger charge is 2.38. The van der Waals surface area contributed by atoms with Crippen LogP contribution in [0.25, 0.3) is 0 Å². The van der Waals surface area contributed by atoms with Crippen LogP contribution < -0.4 is 0 Å². The zero-order valence-corrected chi connectivity index (χ0v) is 18.0. The number of rotatable bonds is 2. The summed E-state index contributed by atoms with van der Waals surface area (Å²) in [6.07, 6.45) is 1.11. The summed E-state index contributed by atoms with van der Waals surface area (Å²) in [5.41, 5.74) is 3.32. The Labute approximate surface area is 183 Å². The van der Waals surface area contributed by atoms with Crippen molar-refractivity contribution in [1.82, 2.24) is 14.7 Å². The summed E-state index contributed by atoms with van der Waals surface area (Å²) >= 11 is 0. The molecular formula is C25H30FN3O2. The molecule has 31 heavy (non-hydrogen) atoms. The van der Waals surface area contributed by atoms with Gasteiger partial charge < -0.3 is 14.5 Å². The van der Waals surface area contributed by atoms with Crippen molar-refractivity contribution in [2.24, 2.45) is 0 Å². The molecule has 1 amide bonds. The molecule has 3 heterocycles. The number of ether oxygens (including phenoxy) is 1. The van der Waals surface area contributed by atoms with Crippen molar-refractivity contribution in [3.8, 4) is 0 Å². The maximum Gasteiger partial charge on any atom is 0.252 e. The Morgan fingerprint density at radius 2 is 1.84 bits per heavy atom. The SMILES string of the molecule is CN1CCN2CC[C@H](C(=O)N3CCc4ccccc4[C@@H]3c3ccc(F)cc3)OC[C@H]2C1. The van der Waals surface area contributed by atoms with Gasteiger partial charge in [-0.15, -0.1) is 0 Å². The second-order valence-electron chi connectivity index (χ2n) is 9.00. The Morgan fingerprint density at radius 1 is 1.03 bits per heavy atom. The van der Waals surface area contributed by atoms with Crippen LogP contribution in [0, 0.1) is 5.82 Å². The molecule has 0 radical (unpaired) electrons. The van der Waals surface area contributed by atoms with Gasteiger partial charge >= 0.3 is 0 Å². The Hall–Kier alpha value is -2.28. The fourth-order valence-electron chi connectivity index (χ4n) is 5.28. The Kier molecular flexibility index (Phi) is 5.78. The van der Waals surface area contributed by atoms with Gasteiger partial charge in [-0.05, 0) is 48.7 Å². The lowest BCUT2D eigenvalue weighted by Crippen LogP contribution is -2.52. The molecule has 0 N–H and O–H groups in total. The van der Waals surface area contributed by atoms with Crippen LogP contribution in [0.3, 0.4) is 0 Å². The molecule has 0 aromatic heterocycles. The number of amides is 1. The summed E-state index contributed by atoms with van der Waals surface area (Å²) in [5, 5.41) is 0. The Balaban J connectivity index is 1.41. The number of piperazine rings is 1. The molecule has 3 aliphatic heterocycles. The molecule has 0 saturated carbocycles. The minimum Gasteiger partial charge on any atom is -0.367 e. The van der Waals surface area contributed by atoms with Gasteiger partial charge in [0.2, 0.25) is 0 Å². The minimum atomic E-state index is -0.427. The number of halogens is 1. The third-order valence-electron chi connectivity index (χ3n) is 7.00. The average molecular weight is 424 g/mol. The normalized spacial score (nSPS) is 27.3. The molecule has 3 aliphatic rings. The third-order valence-corrected chi connectivity index (χ3v) is 7.00. The number of hydrogen-bond acceptors (Lipinski definition) is 4. The van der Waals surface area contributed by atoms with E-state index in [0.717, 1.165) is 43.7 Å². The van der Waals surface area contributed by atoms with Crippen LogP contribution in [-0.4, -0.2) is 79.1 Å². The molecule has 0 unspecified atom stereocenters. The van der Waals surface area contributed by atoms with Crippen LogP contribution in [0.15, 0.2) is 48.5 Å². The van der Waals surface area contributed by atoms with Crippen LogP contribution in [0.2, 0.25) is 0 Å². The number of carbonyl (C=O) groups excluding carboxylic acids is 1. The number of nitrogens with zero attached hydrogens (tertiary/aromatic N) is 3. The second kappa shape index (κ2) is 8.69. The summed E-state index contributed by atoms with van der Waals surface area (Å²) < 4.78 is 19.8. The highest BCUT2D eigenvalue weighted by atomic mass is 19.1. The van der Waals surface area contributed by atoms with Crippen LogP contribution in [0.4, 0.5) is 4.39 Å². The summed E-state index contributed by atoms with van der Waals surface area (Å²) in [4.78, 5) is 20.5. The van der Waals surface area contributed by atoms with Crippen molar-refractivity contribution < 1.29 is 13.9 Å². The lowest BCUT2D eigenvalue weighted by atomic mass is 9.87. The third kappa shape index (κ3) is 4.12. The van der Waals surface area contributed by atoms with Crippen molar-refractivity contribution in [3.63, 3.8) is 0 Å². The van der Waals surface area contributed by atoms with Gasteiger partial charge in [0, 0.05) is 38.8 Å². The van der Waals surface area contributed by atoms with Gasteiger partial charge in [0.15, 0.2) is 0 Å². The second-order valence-corrected chi connectivity index (χ2v) is 9.00. The van der Waals surface area contributed by atoms with Crippen molar-refractivity contribution in [3.05, 3.63) is 71.0 Å². The Morgan fingerprint density at radius 3 is 2.68 bits per heavy atom. The molecule has 5 rings (SSSR count). The molecule has 3 atom stereocenters. The van der Waals surface area contributed by atoms with Crippen LogP contribution in [0.1, 0.15) is 29.2 Å². The van der Waals surface area contributed by atoms with E-state index in [1.807, 2.05) is 17.0 Å². The van der Waals surface area contributed by atoms with Crippen molar-refractivity contribution >= 4 is 5.91 Å². The molecule has 6 heteroatoms. The molecule has 0 aliphatic carbocycles. The van der Waals surface area contributed by atoms with Gasteiger partial charge in [0.05, 0.1) is 12.6 Å². The Bertz CT molecular complexity index is 935. The lowest BCUT2D eigenvalue weighted by Gasteiger charge is -2.39. The fraction of sp³-hybridized carbons (Fsp3) is 0.480. The van der Waals surface area contributed by atoms with E-state index in [1.54, 1.807) is 12.1 Å². The fourth-order valence-corrected chi connectivity index (χ4v) is 5.28. The molecular weight excluding hydrogens is 393 g/mol. The van der Waals surface area contributed by atoms with Gasteiger partial charge in [-0.1, -0.05) is 36.4 Å². The number of benzene rings is 2. The highest BCUT2D eigenvalue weighted by Crippen LogP contribution is 2.36. The van der Waals surface area contributed by atoms with Crippen LogP contribution in [0.5, 0.6) is 0 Å². The molecule has 2 fully saturated rings.